The summed E-state index contributed by atoms with van der Waals surface area (Å²) in [5, 5.41) is 4.79. The van der Waals surface area contributed by atoms with Crippen LogP contribution >= 0.6 is 11.6 Å². The molecule has 0 aliphatic carbocycles. The highest BCUT2D eigenvalue weighted by Crippen LogP contribution is 2.35. The van der Waals surface area contributed by atoms with Crippen LogP contribution in [0.15, 0.2) is 30.6 Å². The van der Waals surface area contributed by atoms with E-state index in [0.29, 0.717) is 24.0 Å². The highest BCUT2D eigenvalue weighted by Gasteiger charge is 2.46. The summed E-state index contributed by atoms with van der Waals surface area (Å²) in [5.41, 5.74) is 1.97. The molecule has 1 aromatic heterocycles. The number of hydrogen-bond acceptors (Lipinski definition) is 3. The van der Waals surface area contributed by atoms with Crippen LogP contribution in [-0.2, 0) is 17.9 Å². The molecule has 0 radical (unpaired) electrons. The summed E-state index contributed by atoms with van der Waals surface area (Å²) in [6.45, 7) is 6.43. The molecule has 2 atom stereocenters. The molecule has 0 saturated carbocycles. The molecular formula is C20H24ClFN4O. The number of halogens is 2. The standard InChI is InChI=1S/C20H24ClFN4O/c1-13(2)26-11-14(9-23-26)10-24-6-5-18-19(24)8-20(27)25(18)12-15-3-4-16(22)7-17(15)21/h3-4,7,9,11,13,18-19H,5-6,8,10,12H2,1-2H3/t18-,19-/m0/s1. The van der Waals surface area contributed by atoms with E-state index in [2.05, 4.69) is 30.0 Å². The molecular weight excluding hydrogens is 367 g/mol. The summed E-state index contributed by atoms with van der Waals surface area (Å²) in [7, 11) is 0. The van der Waals surface area contributed by atoms with Gasteiger partial charge in [0.15, 0.2) is 0 Å². The van der Waals surface area contributed by atoms with Crippen LogP contribution in [0, 0.1) is 5.82 Å². The predicted octanol–water partition coefficient (Wildman–Crippen LogP) is 3.63. The van der Waals surface area contributed by atoms with Gasteiger partial charge in [0.05, 0.1) is 6.20 Å². The molecule has 2 aliphatic heterocycles. The Labute approximate surface area is 163 Å². The third kappa shape index (κ3) is 3.60. The molecule has 1 aromatic carbocycles. The Morgan fingerprint density at radius 1 is 1.30 bits per heavy atom. The minimum atomic E-state index is -0.358. The van der Waals surface area contributed by atoms with E-state index in [9.17, 15) is 9.18 Å². The number of amides is 1. The number of aromatic nitrogens is 2. The van der Waals surface area contributed by atoms with Crippen molar-refractivity contribution in [2.75, 3.05) is 6.54 Å². The molecule has 2 aliphatic rings. The molecule has 0 bridgehead atoms. The van der Waals surface area contributed by atoms with Crippen molar-refractivity contribution >= 4 is 17.5 Å². The third-order valence-electron chi connectivity index (χ3n) is 5.66. The molecule has 1 amide bonds. The Morgan fingerprint density at radius 3 is 2.81 bits per heavy atom. The van der Waals surface area contributed by atoms with E-state index in [1.54, 1.807) is 6.07 Å². The van der Waals surface area contributed by atoms with Crippen molar-refractivity contribution < 1.29 is 9.18 Å². The quantitative estimate of drug-likeness (QED) is 0.782. The van der Waals surface area contributed by atoms with E-state index < -0.39 is 0 Å². The van der Waals surface area contributed by atoms with E-state index in [0.717, 1.165) is 25.1 Å². The second-order valence-electron chi connectivity index (χ2n) is 7.78. The van der Waals surface area contributed by atoms with Crippen LogP contribution in [0.4, 0.5) is 4.39 Å². The Balaban J connectivity index is 1.45. The molecule has 5 nitrogen and oxygen atoms in total. The summed E-state index contributed by atoms with van der Waals surface area (Å²) < 4.78 is 15.2. The fourth-order valence-corrected chi connectivity index (χ4v) is 4.45. The van der Waals surface area contributed by atoms with Crippen molar-refractivity contribution in [2.24, 2.45) is 0 Å². The zero-order valence-electron chi connectivity index (χ0n) is 15.6. The molecule has 0 spiro atoms. The monoisotopic (exact) mass is 390 g/mol. The molecule has 2 aromatic rings. The lowest BCUT2D eigenvalue weighted by atomic mass is 10.1. The maximum Gasteiger partial charge on any atom is 0.224 e. The highest BCUT2D eigenvalue weighted by atomic mass is 35.5. The van der Waals surface area contributed by atoms with Crippen molar-refractivity contribution in [1.82, 2.24) is 19.6 Å². The molecule has 0 unspecified atom stereocenters. The normalized spacial score (nSPS) is 22.9. The molecule has 2 saturated heterocycles. The van der Waals surface area contributed by atoms with E-state index in [1.807, 2.05) is 15.8 Å². The molecule has 2 fully saturated rings. The number of rotatable bonds is 5. The summed E-state index contributed by atoms with van der Waals surface area (Å²) in [5.74, 6) is -0.212. The Morgan fingerprint density at radius 2 is 2.11 bits per heavy atom. The van der Waals surface area contributed by atoms with Crippen molar-refractivity contribution in [2.45, 2.75) is 57.9 Å². The minimum Gasteiger partial charge on any atom is -0.334 e. The highest BCUT2D eigenvalue weighted by molar-refractivity contribution is 6.31. The van der Waals surface area contributed by atoms with Crippen LogP contribution in [0.5, 0.6) is 0 Å². The van der Waals surface area contributed by atoms with Crippen LogP contribution < -0.4 is 0 Å². The zero-order chi connectivity index (χ0) is 19.1. The maximum absolute atomic E-state index is 13.3. The largest absolute Gasteiger partial charge is 0.334 e. The van der Waals surface area contributed by atoms with Gasteiger partial charge in [0.1, 0.15) is 5.82 Å². The lowest BCUT2D eigenvalue weighted by Crippen LogP contribution is -2.36. The fourth-order valence-electron chi connectivity index (χ4n) is 4.22. The number of fused-ring (bicyclic) bond motifs is 1. The Bertz CT molecular complexity index is 852. The van der Waals surface area contributed by atoms with Gasteiger partial charge in [-0.2, -0.15) is 5.10 Å². The molecule has 27 heavy (non-hydrogen) atoms. The summed E-state index contributed by atoms with van der Waals surface area (Å²) >= 11 is 6.16. The topological polar surface area (TPSA) is 41.4 Å². The van der Waals surface area contributed by atoms with Crippen molar-refractivity contribution in [1.29, 1.82) is 0 Å². The summed E-state index contributed by atoms with van der Waals surface area (Å²) in [6, 6.07) is 5.13. The van der Waals surface area contributed by atoms with Gasteiger partial charge in [-0.1, -0.05) is 17.7 Å². The number of carbonyl (C=O) groups excluding carboxylic acids is 1. The van der Waals surface area contributed by atoms with Gasteiger partial charge in [-0.15, -0.1) is 0 Å². The second kappa shape index (κ2) is 7.24. The Hall–Kier alpha value is -1.92. The predicted molar refractivity (Wildman–Crippen MR) is 102 cm³/mol. The second-order valence-corrected chi connectivity index (χ2v) is 8.18. The first-order valence-corrected chi connectivity index (χ1v) is 9.80. The number of hydrogen-bond donors (Lipinski definition) is 0. The van der Waals surface area contributed by atoms with Gasteiger partial charge >= 0.3 is 0 Å². The SMILES string of the molecule is CC(C)n1cc(CN2CC[C@H]3[C@@H]2CC(=O)N3Cc2ccc(F)cc2Cl)cn1. The fraction of sp³-hybridized carbons (Fsp3) is 0.500. The lowest BCUT2D eigenvalue weighted by molar-refractivity contribution is -0.129. The van der Waals surface area contributed by atoms with Gasteiger partial charge in [0, 0.05) is 61.0 Å². The van der Waals surface area contributed by atoms with Gasteiger partial charge in [-0.25, -0.2) is 4.39 Å². The first-order chi connectivity index (χ1) is 12.9. The number of likely N-dealkylation sites (tertiary alicyclic amines) is 2. The van der Waals surface area contributed by atoms with E-state index >= 15 is 0 Å². The minimum absolute atomic E-state index is 0.146. The average Bonchev–Trinajstić information content (AvgIpc) is 3.29. The Kier molecular flexibility index (Phi) is 4.95. The van der Waals surface area contributed by atoms with Crippen molar-refractivity contribution in [3.05, 3.63) is 52.6 Å². The van der Waals surface area contributed by atoms with Crippen molar-refractivity contribution in [3.63, 3.8) is 0 Å². The van der Waals surface area contributed by atoms with Gasteiger partial charge in [-0.05, 0) is 38.0 Å². The van der Waals surface area contributed by atoms with Crippen LogP contribution in [0.3, 0.4) is 0 Å². The summed E-state index contributed by atoms with van der Waals surface area (Å²) in [6.07, 6.45) is 5.49. The summed E-state index contributed by atoms with van der Waals surface area (Å²) in [4.78, 5) is 16.9. The van der Waals surface area contributed by atoms with Gasteiger partial charge in [0.25, 0.3) is 0 Å². The molecule has 144 valence electrons. The maximum atomic E-state index is 13.3. The van der Waals surface area contributed by atoms with Gasteiger partial charge < -0.3 is 4.90 Å². The van der Waals surface area contributed by atoms with Crippen LogP contribution in [-0.4, -0.2) is 44.1 Å². The van der Waals surface area contributed by atoms with E-state index in [1.165, 1.54) is 17.7 Å². The lowest BCUT2D eigenvalue weighted by Gasteiger charge is -2.25. The number of benzene rings is 1. The van der Waals surface area contributed by atoms with Gasteiger partial charge in [0.2, 0.25) is 5.91 Å². The van der Waals surface area contributed by atoms with Gasteiger partial charge in [-0.3, -0.25) is 14.4 Å². The van der Waals surface area contributed by atoms with E-state index in [4.69, 9.17) is 11.6 Å². The molecule has 7 heteroatoms. The van der Waals surface area contributed by atoms with E-state index in [-0.39, 0.29) is 23.8 Å². The smallest absolute Gasteiger partial charge is 0.224 e. The molecule has 4 rings (SSSR count). The van der Waals surface area contributed by atoms with Crippen LogP contribution in [0.25, 0.3) is 0 Å². The van der Waals surface area contributed by atoms with Crippen LogP contribution in [0.1, 0.15) is 43.9 Å². The average molecular weight is 391 g/mol. The van der Waals surface area contributed by atoms with Crippen LogP contribution in [0.2, 0.25) is 5.02 Å². The third-order valence-corrected chi connectivity index (χ3v) is 6.01. The first-order valence-electron chi connectivity index (χ1n) is 9.43. The van der Waals surface area contributed by atoms with Crippen molar-refractivity contribution in [3.8, 4) is 0 Å². The number of carbonyl (C=O) groups is 1. The first kappa shape index (κ1) is 18.4. The number of nitrogens with zero attached hydrogens (tertiary/aromatic N) is 4. The zero-order valence-corrected chi connectivity index (χ0v) is 16.4. The molecule has 3 heterocycles. The molecule has 0 N–H and O–H groups in total.